The Bertz CT molecular complexity index is 439. The third kappa shape index (κ3) is 4.26. The number of esters is 1. The maximum atomic E-state index is 12.6. The first-order valence-electron chi connectivity index (χ1n) is 5.48. The molecule has 0 atom stereocenters. The van der Waals surface area contributed by atoms with Crippen LogP contribution in [0.3, 0.4) is 0 Å². The van der Waals surface area contributed by atoms with Gasteiger partial charge in [0.1, 0.15) is 5.60 Å². The minimum absolute atomic E-state index is 0.0710. The normalized spacial score (nSPS) is 11.7. The van der Waals surface area contributed by atoms with Crippen LogP contribution < -0.4 is 0 Å². The highest BCUT2D eigenvalue weighted by Crippen LogP contribution is 2.30. The van der Waals surface area contributed by atoms with Crippen LogP contribution >= 0.6 is 11.6 Å². The van der Waals surface area contributed by atoms with Crippen LogP contribution in [0.1, 0.15) is 38.3 Å². The lowest BCUT2D eigenvalue weighted by Crippen LogP contribution is -2.25. The summed E-state index contributed by atoms with van der Waals surface area (Å²) in [5, 5.41) is -0.0710. The average molecular weight is 277 g/mol. The molecule has 1 aromatic rings. The van der Waals surface area contributed by atoms with E-state index < -0.39 is 18.0 Å². The highest BCUT2D eigenvalue weighted by atomic mass is 35.5. The van der Waals surface area contributed by atoms with Gasteiger partial charge in [-0.3, -0.25) is 4.79 Å². The van der Waals surface area contributed by atoms with Gasteiger partial charge in [0.15, 0.2) is 0 Å². The average Bonchev–Trinajstić information content (AvgIpc) is 2.17. The molecule has 0 saturated carbocycles. The minimum Gasteiger partial charge on any atom is -0.460 e. The van der Waals surface area contributed by atoms with Gasteiger partial charge < -0.3 is 4.74 Å². The van der Waals surface area contributed by atoms with Crippen LogP contribution in [-0.2, 0) is 16.0 Å². The maximum absolute atomic E-state index is 12.6. The molecule has 1 rings (SSSR count). The minimum atomic E-state index is -2.66. The molecular weight excluding hydrogens is 262 g/mol. The van der Waals surface area contributed by atoms with Crippen LogP contribution in [0.25, 0.3) is 0 Å². The van der Waals surface area contributed by atoms with E-state index in [1.807, 2.05) is 0 Å². The fraction of sp³-hybridized carbons (Fsp3) is 0.462. The van der Waals surface area contributed by atoms with Gasteiger partial charge in [0.2, 0.25) is 0 Å². The Morgan fingerprint density at radius 3 is 2.50 bits per heavy atom. The molecular formula is C13H15ClF2O2. The standard InChI is InChI=1S/C13H15ClF2O2/c1-13(2,3)18-10(17)7-8-5-4-6-9(11(8)14)12(15)16/h4-6,12H,7H2,1-3H3. The summed E-state index contributed by atoms with van der Waals surface area (Å²) in [6, 6.07) is 4.23. The molecule has 0 spiro atoms. The second kappa shape index (κ2) is 5.65. The molecule has 0 aliphatic carbocycles. The quantitative estimate of drug-likeness (QED) is 0.775. The van der Waals surface area contributed by atoms with Crippen molar-refractivity contribution in [2.45, 2.75) is 39.2 Å². The number of benzene rings is 1. The topological polar surface area (TPSA) is 26.3 Å². The van der Waals surface area contributed by atoms with Crippen molar-refractivity contribution in [3.05, 3.63) is 34.3 Å². The summed E-state index contributed by atoms with van der Waals surface area (Å²) in [5.74, 6) is -0.490. The predicted octanol–water partition coefficient (Wildman–Crippen LogP) is 4.16. The van der Waals surface area contributed by atoms with Crippen LogP contribution in [0.5, 0.6) is 0 Å². The van der Waals surface area contributed by atoms with E-state index in [0.29, 0.717) is 5.56 Å². The van der Waals surface area contributed by atoms with Gasteiger partial charge in [-0.2, -0.15) is 0 Å². The molecule has 100 valence electrons. The first kappa shape index (κ1) is 14.9. The van der Waals surface area contributed by atoms with E-state index in [1.54, 1.807) is 20.8 Å². The van der Waals surface area contributed by atoms with Gasteiger partial charge in [-0.25, -0.2) is 8.78 Å². The highest BCUT2D eigenvalue weighted by molar-refractivity contribution is 6.32. The van der Waals surface area contributed by atoms with Gasteiger partial charge in [0.05, 0.1) is 11.4 Å². The number of ether oxygens (including phenoxy) is 1. The van der Waals surface area contributed by atoms with Crippen LogP contribution in [0.4, 0.5) is 8.78 Å². The predicted molar refractivity (Wildman–Crippen MR) is 66.0 cm³/mol. The van der Waals surface area contributed by atoms with Crippen molar-refractivity contribution < 1.29 is 18.3 Å². The summed E-state index contributed by atoms with van der Waals surface area (Å²) < 4.78 is 30.3. The lowest BCUT2D eigenvalue weighted by molar-refractivity contribution is -0.153. The van der Waals surface area contributed by atoms with Gasteiger partial charge in [-0.1, -0.05) is 29.8 Å². The summed E-state index contributed by atoms with van der Waals surface area (Å²) in [5.41, 5.74) is -0.523. The lowest BCUT2D eigenvalue weighted by Gasteiger charge is -2.19. The van der Waals surface area contributed by atoms with Crippen LogP contribution in [0.2, 0.25) is 5.02 Å². The van der Waals surface area contributed by atoms with E-state index in [9.17, 15) is 13.6 Å². The molecule has 0 fully saturated rings. The number of rotatable bonds is 3. The Kier molecular flexibility index (Phi) is 4.68. The van der Waals surface area contributed by atoms with E-state index in [4.69, 9.17) is 16.3 Å². The fourth-order valence-electron chi connectivity index (χ4n) is 1.44. The molecule has 0 heterocycles. The van der Waals surface area contributed by atoms with Gasteiger partial charge >= 0.3 is 5.97 Å². The third-order valence-electron chi connectivity index (χ3n) is 2.10. The van der Waals surface area contributed by atoms with E-state index in [-0.39, 0.29) is 17.0 Å². The van der Waals surface area contributed by atoms with Gasteiger partial charge in [-0.15, -0.1) is 0 Å². The molecule has 0 aliphatic rings. The molecule has 18 heavy (non-hydrogen) atoms. The Balaban J connectivity index is 2.86. The SMILES string of the molecule is CC(C)(C)OC(=O)Cc1cccc(C(F)F)c1Cl. The van der Waals surface area contributed by atoms with E-state index in [0.717, 1.165) is 0 Å². The Morgan fingerprint density at radius 1 is 1.39 bits per heavy atom. The van der Waals surface area contributed by atoms with E-state index in [1.165, 1.54) is 18.2 Å². The molecule has 0 amide bonds. The van der Waals surface area contributed by atoms with E-state index >= 15 is 0 Å². The van der Waals surface area contributed by atoms with Crippen molar-refractivity contribution in [3.63, 3.8) is 0 Å². The smallest absolute Gasteiger partial charge is 0.310 e. The Morgan fingerprint density at radius 2 is 2.00 bits per heavy atom. The molecule has 0 unspecified atom stereocenters. The van der Waals surface area contributed by atoms with Crippen LogP contribution in [-0.4, -0.2) is 11.6 Å². The van der Waals surface area contributed by atoms with Crippen molar-refractivity contribution in [2.75, 3.05) is 0 Å². The highest BCUT2D eigenvalue weighted by Gasteiger charge is 2.20. The number of hydrogen-bond donors (Lipinski definition) is 0. The first-order chi connectivity index (χ1) is 8.20. The van der Waals surface area contributed by atoms with E-state index in [2.05, 4.69) is 0 Å². The molecule has 0 bridgehead atoms. The second-order valence-electron chi connectivity index (χ2n) is 4.88. The molecule has 0 saturated heterocycles. The summed E-state index contributed by atoms with van der Waals surface area (Å²) in [6.07, 6.45) is -2.77. The Labute approximate surface area is 110 Å². The van der Waals surface area contributed by atoms with Crippen molar-refractivity contribution in [2.24, 2.45) is 0 Å². The third-order valence-corrected chi connectivity index (χ3v) is 2.56. The van der Waals surface area contributed by atoms with Gasteiger partial charge in [0, 0.05) is 5.56 Å². The number of alkyl halides is 2. The molecule has 0 aliphatic heterocycles. The molecule has 2 nitrogen and oxygen atoms in total. The number of halogens is 3. The number of carbonyl (C=O) groups is 1. The lowest BCUT2D eigenvalue weighted by atomic mass is 10.1. The zero-order chi connectivity index (χ0) is 13.9. The summed E-state index contributed by atoms with van der Waals surface area (Å²) >= 11 is 5.83. The first-order valence-corrected chi connectivity index (χ1v) is 5.86. The molecule has 0 aromatic heterocycles. The second-order valence-corrected chi connectivity index (χ2v) is 5.26. The summed E-state index contributed by atoms with van der Waals surface area (Å²) in [7, 11) is 0. The zero-order valence-electron chi connectivity index (χ0n) is 10.5. The van der Waals surface area contributed by atoms with Crippen LogP contribution in [0, 0.1) is 0 Å². The zero-order valence-corrected chi connectivity index (χ0v) is 11.2. The van der Waals surface area contributed by atoms with Crippen LogP contribution in [0.15, 0.2) is 18.2 Å². The molecule has 1 aromatic carbocycles. The summed E-state index contributed by atoms with van der Waals surface area (Å²) in [6.45, 7) is 5.21. The molecule has 0 radical (unpaired) electrons. The number of carbonyl (C=O) groups excluding carboxylic acids is 1. The molecule has 5 heteroatoms. The Hall–Kier alpha value is -1.16. The van der Waals surface area contributed by atoms with Crippen molar-refractivity contribution in [3.8, 4) is 0 Å². The van der Waals surface area contributed by atoms with Crippen molar-refractivity contribution >= 4 is 17.6 Å². The summed E-state index contributed by atoms with van der Waals surface area (Å²) in [4.78, 5) is 11.6. The van der Waals surface area contributed by atoms with Gasteiger partial charge in [0.25, 0.3) is 6.43 Å². The van der Waals surface area contributed by atoms with Gasteiger partial charge in [-0.05, 0) is 26.3 Å². The fourth-order valence-corrected chi connectivity index (χ4v) is 1.71. The van der Waals surface area contributed by atoms with Crippen molar-refractivity contribution in [1.29, 1.82) is 0 Å². The maximum Gasteiger partial charge on any atom is 0.310 e. The largest absolute Gasteiger partial charge is 0.460 e. The monoisotopic (exact) mass is 276 g/mol. The molecule has 0 N–H and O–H groups in total. The number of hydrogen-bond acceptors (Lipinski definition) is 2. The van der Waals surface area contributed by atoms with Crippen molar-refractivity contribution in [1.82, 2.24) is 0 Å².